The molecule has 0 aliphatic heterocycles. The molecule has 4 rings (SSSR count). The molecule has 3 aromatic carbocycles. The summed E-state index contributed by atoms with van der Waals surface area (Å²) in [4.78, 5) is 39.7. The highest BCUT2D eigenvalue weighted by molar-refractivity contribution is 6.30. The predicted octanol–water partition coefficient (Wildman–Crippen LogP) is 5.90. The highest BCUT2D eigenvalue weighted by Gasteiger charge is 2.33. The number of halogens is 1. The van der Waals surface area contributed by atoms with Crippen molar-refractivity contribution >= 4 is 29.7 Å². The summed E-state index contributed by atoms with van der Waals surface area (Å²) in [6, 6.07) is 22.4. The van der Waals surface area contributed by atoms with Crippen LogP contribution >= 0.6 is 11.6 Å². The molecular formula is C32H36ClN3O5. The Balaban J connectivity index is 1.50. The first-order valence-electron chi connectivity index (χ1n) is 13.7. The molecule has 0 spiro atoms. The molecule has 0 heterocycles. The number of benzene rings is 3. The summed E-state index contributed by atoms with van der Waals surface area (Å²) < 4.78 is 11.2. The van der Waals surface area contributed by atoms with Crippen molar-refractivity contribution in [3.8, 4) is 11.1 Å². The van der Waals surface area contributed by atoms with Crippen LogP contribution in [0.15, 0.2) is 72.8 Å². The molecule has 3 aromatic rings. The maximum absolute atomic E-state index is 13.6. The normalized spacial score (nSPS) is 13.1. The molecule has 9 heteroatoms. The van der Waals surface area contributed by atoms with E-state index in [9.17, 15) is 14.4 Å². The van der Waals surface area contributed by atoms with Gasteiger partial charge in [0.15, 0.2) is 0 Å². The number of alkyl carbamates (subject to hydrolysis) is 1. The molecule has 0 bridgehead atoms. The first-order valence-corrected chi connectivity index (χ1v) is 14.0. The molecule has 1 aliphatic carbocycles. The minimum absolute atomic E-state index is 0.0762. The van der Waals surface area contributed by atoms with E-state index in [1.165, 1.54) is 4.90 Å². The zero-order chi connectivity index (χ0) is 29.6. The van der Waals surface area contributed by atoms with Crippen LogP contribution in [-0.4, -0.2) is 54.3 Å². The van der Waals surface area contributed by atoms with Gasteiger partial charge in [0, 0.05) is 24.0 Å². The quantitative estimate of drug-likeness (QED) is 0.311. The van der Waals surface area contributed by atoms with E-state index in [4.69, 9.17) is 26.8 Å². The van der Waals surface area contributed by atoms with Crippen molar-refractivity contribution in [1.29, 1.82) is 0 Å². The summed E-state index contributed by atoms with van der Waals surface area (Å²) in [6.45, 7) is 5.61. The molecule has 216 valence electrons. The number of nitrogens with two attached hydrogens (primary N) is 1. The smallest absolute Gasteiger partial charge is 0.410 e. The zero-order valence-corrected chi connectivity index (χ0v) is 24.3. The van der Waals surface area contributed by atoms with Crippen LogP contribution in [0.25, 0.3) is 11.1 Å². The van der Waals surface area contributed by atoms with Crippen LogP contribution in [0.1, 0.15) is 49.8 Å². The van der Waals surface area contributed by atoms with Crippen molar-refractivity contribution in [2.75, 3.05) is 19.7 Å². The fourth-order valence-corrected chi connectivity index (χ4v) is 5.28. The van der Waals surface area contributed by atoms with Crippen LogP contribution in [0, 0.1) is 0 Å². The highest BCUT2D eigenvalue weighted by atomic mass is 35.5. The Bertz CT molecular complexity index is 1360. The monoisotopic (exact) mass is 577 g/mol. The van der Waals surface area contributed by atoms with Crippen LogP contribution in [0.5, 0.6) is 0 Å². The van der Waals surface area contributed by atoms with E-state index in [2.05, 4.69) is 17.4 Å². The molecule has 0 unspecified atom stereocenters. The van der Waals surface area contributed by atoms with E-state index in [1.54, 1.807) is 32.9 Å². The Morgan fingerprint density at radius 1 is 0.976 bits per heavy atom. The fraction of sp³-hybridized carbons (Fsp3) is 0.344. The number of hydrogen-bond acceptors (Lipinski definition) is 5. The van der Waals surface area contributed by atoms with Gasteiger partial charge in [-0.15, -0.1) is 0 Å². The lowest BCUT2D eigenvalue weighted by Gasteiger charge is -2.30. The van der Waals surface area contributed by atoms with Gasteiger partial charge < -0.3 is 20.5 Å². The molecule has 1 aliphatic rings. The second-order valence-electron chi connectivity index (χ2n) is 11.0. The van der Waals surface area contributed by atoms with Crippen LogP contribution in [0.3, 0.4) is 0 Å². The number of nitrogens with one attached hydrogen (secondary N) is 1. The Morgan fingerprint density at radius 3 is 2.20 bits per heavy atom. The average Bonchev–Trinajstić information content (AvgIpc) is 3.23. The summed E-state index contributed by atoms with van der Waals surface area (Å²) in [5.74, 6) is -0.836. The van der Waals surface area contributed by atoms with E-state index < -0.39 is 29.7 Å². The van der Waals surface area contributed by atoms with Gasteiger partial charge in [0.25, 0.3) is 0 Å². The van der Waals surface area contributed by atoms with Crippen LogP contribution in [-0.2, 0) is 20.7 Å². The van der Waals surface area contributed by atoms with Crippen molar-refractivity contribution in [2.45, 2.75) is 51.2 Å². The Kier molecular flexibility index (Phi) is 9.55. The van der Waals surface area contributed by atoms with Gasteiger partial charge >= 0.3 is 12.2 Å². The highest BCUT2D eigenvalue weighted by Crippen LogP contribution is 2.44. The maximum atomic E-state index is 13.6. The van der Waals surface area contributed by atoms with Gasteiger partial charge in [-0.25, -0.2) is 9.59 Å². The predicted molar refractivity (Wildman–Crippen MR) is 159 cm³/mol. The molecular weight excluding hydrogens is 542 g/mol. The minimum atomic E-state index is -1.01. The fourth-order valence-electron chi connectivity index (χ4n) is 5.07. The minimum Gasteiger partial charge on any atom is -0.448 e. The lowest BCUT2D eigenvalue weighted by molar-refractivity contribution is -0.123. The van der Waals surface area contributed by atoms with Gasteiger partial charge in [0.1, 0.15) is 18.2 Å². The van der Waals surface area contributed by atoms with Crippen molar-refractivity contribution in [3.05, 3.63) is 94.5 Å². The Labute approximate surface area is 245 Å². The maximum Gasteiger partial charge on any atom is 0.410 e. The molecule has 8 nitrogen and oxygen atoms in total. The topological polar surface area (TPSA) is 111 Å². The van der Waals surface area contributed by atoms with E-state index >= 15 is 0 Å². The van der Waals surface area contributed by atoms with Gasteiger partial charge in [-0.05, 0) is 73.6 Å². The summed E-state index contributed by atoms with van der Waals surface area (Å²) in [5.41, 5.74) is 10.4. The molecule has 0 saturated heterocycles. The number of amides is 3. The number of carbonyl (C=O) groups excluding carboxylic acids is 3. The Hall–Kier alpha value is -4.04. The largest absolute Gasteiger partial charge is 0.448 e. The van der Waals surface area contributed by atoms with Crippen molar-refractivity contribution in [1.82, 2.24) is 10.2 Å². The SMILES string of the molecule is CC(C)(C)OC(=O)NCC[C@@H](C(N)=O)N(CCc1cccc(Cl)c1)C(=O)OCC1c2ccccc2-c2ccccc21. The number of rotatable bonds is 10. The molecule has 0 saturated carbocycles. The lowest BCUT2D eigenvalue weighted by atomic mass is 9.98. The Morgan fingerprint density at radius 2 is 1.61 bits per heavy atom. The van der Waals surface area contributed by atoms with Crippen LogP contribution in [0.2, 0.25) is 5.02 Å². The van der Waals surface area contributed by atoms with Gasteiger partial charge in [-0.2, -0.15) is 0 Å². The first kappa shape index (κ1) is 29.9. The molecule has 1 atom stereocenters. The van der Waals surface area contributed by atoms with E-state index in [-0.39, 0.29) is 32.0 Å². The summed E-state index contributed by atoms with van der Waals surface area (Å²) in [7, 11) is 0. The van der Waals surface area contributed by atoms with Crippen LogP contribution < -0.4 is 11.1 Å². The van der Waals surface area contributed by atoms with Gasteiger partial charge in [0.05, 0.1) is 0 Å². The first-order chi connectivity index (χ1) is 19.5. The van der Waals surface area contributed by atoms with Crippen molar-refractivity contribution < 1.29 is 23.9 Å². The molecule has 0 fully saturated rings. The van der Waals surface area contributed by atoms with E-state index in [0.717, 1.165) is 27.8 Å². The summed E-state index contributed by atoms with van der Waals surface area (Å²) in [5, 5.41) is 3.21. The molecule has 0 aromatic heterocycles. The van der Waals surface area contributed by atoms with Gasteiger partial charge in [0.2, 0.25) is 5.91 Å². The standard InChI is InChI=1S/C32H36ClN3O5/c1-32(2,3)41-30(38)35-17-15-28(29(34)37)36(18-16-21-9-8-10-22(33)19-21)31(39)40-20-27-25-13-6-4-11-23(25)24-12-5-7-14-26(24)27/h4-14,19,27-28H,15-18,20H2,1-3H3,(H2,34,37)(H,35,38)/t28-/m0/s1. The summed E-state index contributed by atoms with van der Waals surface area (Å²) in [6.07, 6.45) is -0.759. The van der Waals surface area contributed by atoms with Crippen LogP contribution in [0.4, 0.5) is 9.59 Å². The third kappa shape index (κ3) is 7.79. The number of hydrogen-bond donors (Lipinski definition) is 2. The third-order valence-corrected chi connectivity index (χ3v) is 7.13. The molecule has 3 amide bonds. The number of ether oxygens (including phenoxy) is 2. The zero-order valence-electron chi connectivity index (χ0n) is 23.6. The molecule has 41 heavy (non-hydrogen) atoms. The molecule has 0 radical (unpaired) electrons. The second kappa shape index (κ2) is 13.1. The number of carbonyl (C=O) groups is 3. The number of nitrogens with zero attached hydrogens (tertiary/aromatic N) is 1. The van der Waals surface area contributed by atoms with Gasteiger partial charge in [-0.1, -0.05) is 72.3 Å². The molecule has 3 N–H and O–H groups in total. The van der Waals surface area contributed by atoms with E-state index in [0.29, 0.717) is 11.4 Å². The van der Waals surface area contributed by atoms with Crippen molar-refractivity contribution in [2.24, 2.45) is 5.73 Å². The van der Waals surface area contributed by atoms with Crippen molar-refractivity contribution in [3.63, 3.8) is 0 Å². The number of primary amides is 1. The lowest BCUT2D eigenvalue weighted by Crippen LogP contribution is -2.50. The average molecular weight is 578 g/mol. The van der Waals surface area contributed by atoms with Gasteiger partial charge in [-0.3, -0.25) is 9.69 Å². The number of fused-ring (bicyclic) bond motifs is 3. The summed E-state index contributed by atoms with van der Waals surface area (Å²) >= 11 is 6.15. The third-order valence-electron chi connectivity index (χ3n) is 6.89. The second-order valence-corrected chi connectivity index (χ2v) is 11.4. The van der Waals surface area contributed by atoms with E-state index in [1.807, 2.05) is 48.5 Å².